The maximum Gasteiger partial charge on any atom is 0.0623 e. The van der Waals surface area contributed by atoms with Crippen molar-refractivity contribution in [3.05, 3.63) is 0 Å². The molecule has 0 amide bonds. The van der Waals surface area contributed by atoms with Crippen LogP contribution >= 0.6 is 0 Å². The van der Waals surface area contributed by atoms with Gasteiger partial charge in [0.05, 0.1) is 12.7 Å². The molecule has 0 aromatic rings. The third-order valence-electron chi connectivity index (χ3n) is 2.35. The summed E-state index contributed by atoms with van der Waals surface area (Å²) in [7, 11) is 0. The van der Waals surface area contributed by atoms with Gasteiger partial charge in [-0.1, -0.05) is 13.8 Å². The highest BCUT2D eigenvalue weighted by Gasteiger charge is 2.23. The first-order valence-electron chi connectivity index (χ1n) is 4.11. The highest BCUT2D eigenvalue weighted by Crippen LogP contribution is 2.20. The van der Waals surface area contributed by atoms with Crippen LogP contribution in [0, 0.1) is 5.92 Å². The maximum atomic E-state index is 5.77. The number of nitrogens with two attached hydrogens (primary N) is 1. The Kier molecular flexibility index (Phi) is 2.69. The van der Waals surface area contributed by atoms with Crippen LogP contribution in [0.1, 0.15) is 26.7 Å². The molecule has 10 heavy (non-hydrogen) atoms. The minimum absolute atomic E-state index is 0.266. The average molecular weight is 143 g/mol. The topological polar surface area (TPSA) is 35.2 Å². The predicted octanol–water partition coefficient (Wildman–Crippen LogP) is 1.15. The smallest absolute Gasteiger partial charge is 0.0623 e. The van der Waals surface area contributed by atoms with Gasteiger partial charge in [0.1, 0.15) is 0 Å². The van der Waals surface area contributed by atoms with Crippen molar-refractivity contribution in [2.24, 2.45) is 11.7 Å². The average Bonchev–Trinajstić information content (AvgIpc) is 1.95. The fourth-order valence-electron chi connectivity index (χ4n) is 1.35. The normalized spacial score (nSPS) is 41.7. The second kappa shape index (κ2) is 3.35. The van der Waals surface area contributed by atoms with Crippen molar-refractivity contribution in [2.45, 2.75) is 38.8 Å². The Bertz CT molecular complexity index is 105. The van der Waals surface area contributed by atoms with E-state index in [1.165, 1.54) is 0 Å². The van der Waals surface area contributed by atoms with Gasteiger partial charge in [-0.15, -0.1) is 0 Å². The molecular weight excluding hydrogens is 126 g/mol. The van der Waals surface area contributed by atoms with E-state index in [2.05, 4.69) is 13.8 Å². The van der Waals surface area contributed by atoms with Gasteiger partial charge >= 0.3 is 0 Å². The zero-order valence-electron chi connectivity index (χ0n) is 6.84. The van der Waals surface area contributed by atoms with Crippen molar-refractivity contribution in [3.8, 4) is 0 Å². The molecule has 3 atom stereocenters. The second-order valence-electron chi connectivity index (χ2n) is 3.24. The summed E-state index contributed by atoms with van der Waals surface area (Å²) in [6.07, 6.45) is 2.73. The van der Waals surface area contributed by atoms with Gasteiger partial charge in [0.15, 0.2) is 0 Å². The lowest BCUT2D eigenvalue weighted by molar-refractivity contribution is -0.0187. The molecule has 0 aromatic carbocycles. The Morgan fingerprint density at radius 3 is 2.80 bits per heavy atom. The monoisotopic (exact) mass is 143 g/mol. The van der Waals surface area contributed by atoms with Crippen molar-refractivity contribution >= 4 is 0 Å². The molecule has 1 rings (SSSR count). The Balaban J connectivity index is 2.33. The van der Waals surface area contributed by atoms with E-state index in [4.69, 9.17) is 10.5 Å². The summed E-state index contributed by atoms with van der Waals surface area (Å²) in [6, 6.07) is 0.266. The molecule has 0 saturated carbocycles. The van der Waals surface area contributed by atoms with Crippen LogP contribution in [-0.4, -0.2) is 18.8 Å². The zero-order chi connectivity index (χ0) is 7.56. The molecule has 2 heteroatoms. The quantitative estimate of drug-likeness (QED) is 0.597. The molecule has 1 aliphatic rings. The predicted molar refractivity (Wildman–Crippen MR) is 41.8 cm³/mol. The van der Waals surface area contributed by atoms with E-state index < -0.39 is 0 Å². The lowest BCUT2D eigenvalue weighted by atomic mass is 9.93. The van der Waals surface area contributed by atoms with Crippen LogP contribution in [0.4, 0.5) is 0 Å². The van der Waals surface area contributed by atoms with Crippen molar-refractivity contribution in [1.82, 2.24) is 0 Å². The van der Waals surface area contributed by atoms with Gasteiger partial charge in [-0.3, -0.25) is 0 Å². The molecule has 0 spiro atoms. The van der Waals surface area contributed by atoms with Crippen molar-refractivity contribution in [2.75, 3.05) is 6.61 Å². The minimum Gasteiger partial charge on any atom is -0.377 e. The second-order valence-corrected chi connectivity index (χ2v) is 3.24. The summed E-state index contributed by atoms with van der Waals surface area (Å²) in [5.41, 5.74) is 5.77. The van der Waals surface area contributed by atoms with Gasteiger partial charge in [0.2, 0.25) is 0 Å². The molecule has 1 aliphatic heterocycles. The van der Waals surface area contributed by atoms with Crippen LogP contribution in [0.15, 0.2) is 0 Å². The Morgan fingerprint density at radius 1 is 1.60 bits per heavy atom. The van der Waals surface area contributed by atoms with Gasteiger partial charge in [0, 0.05) is 6.04 Å². The molecule has 2 N–H and O–H groups in total. The summed E-state index contributed by atoms with van der Waals surface area (Å²) in [5.74, 6) is 0.638. The first-order valence-corrected chi connectivity index (χ1v) is 4.11. The first-order chi connectivity index (χ1) is 4.74. The number of hydrogen-bond acceptors (Lipinski definition) is 2. The number of ether oxygens (including phenoxy) is 1. The summed E-state index contributed by atoms with van der Waals surface area (Å²) < 4.78 is 5.48. The molecule has 0 aromatic heterocycles. The van der Waals surface area contributed by atoms with E-state index in [1.807, 2.05) is 0 Å². The van der Waals surface area contributed by atoms with Crippen LogP contribution in [-0.2, 0) is 4.74 Å². The van der Waals surface area contributed by atoms with Crippen LogP contribution in [0.25, 0.3) is 0 Å². The lowest BCUT2D eigenvalue weighted by Gasteiger charge is -2.31. The van der Waals surface area contributed by atoms with E-state index in [1.54, 1.807) is 0 Å². The van der Waals surface area contributed by atoms with Gasteiger partial charge in [-0.2, -0.15) is 0 Å². The summed E-state index contributed by atoms with van der Waals surface area (Å²) in [4.78, 5) is 0. The van der Waals surface area contributed by atoms with Gasteiger partial charge in [-0.05, 0) is 18.8 Å². The van der Waals surface area contributed by atoms with Crippen LogP contribution in [0.5, 0.6) is 0 Å². The zero-order valence-corrected chi connectivity index (χ0v) is 6.84. The highest BCUT2D eigenvalue weighted by atomic mass is 16.5. The summed E-state index contributed by atoms with van der Waals surface area (Å²) >= 11 is 0. The fourth-order valence-corrected chi connectivity index (χ4v) is 1.35. The van der Waals surface area contributed by atoms with E-state index in [9.17, 15) is 0 Å². The molecule has 0 aliphatic carbocycles. The first kappa shape index (κ1) is 8.02. The SMILES string of the molecule is CCC1CC(C)C(N)CO1. The molecule has 2 nitrogen and oxygen atoms in total. The van der Waals surface area contributed by atoms with E-state index >= 15 is 0 Å². The van der Waals surface area contributed by atoms with E-state index in [-0.39, 0.29) is 6.04 Å². The summed E-state index contributed by atoms with van der Waals surface area (Å²) in [5, 5.41) is 0. The largest absolute Gasteiger partial charge is 0.377 e. The number of rotatable bonds is 1. The van der Waals surface area contributed by atoms with E-state index in [0.717, 1.165) is 19.4 Å². The molecule has 1 fully saturated rings. The minimum atomic E-state index is 0.266. The fraction of sp³-hybridized carbons (Fsp3) is 1.00. The van der Waals surface area contributed by atoms with Crippen molar-refractivity contribution in [1.29, 1.82) is 0 Å². The van der Waals surface area contributed by atoms with Crippen LogP contribution < -0.4 is 5.73 Å². The highest BCUT2D eigenvalue weighted by molar-refractivity contribution is 4.77. The Hall–Kier alpha value is -0.0800. The van der Waals surface area contributed by atoms with Gasteiger partial charge < -0.3 is 10.5 Å². The van der Waals surface area contributed by atoms with Crippen molar-refractivity contribution in [3.63, 3.8) is 0 Å². The standard InChI is InChI=1S/C8H17NO/c1-3-7-4-6(2)8(9)5-10-7/h6-8H,3-5,9H2,1-2H3. The molecule has 1 heterocycles. The third-order valence-corrected chi connectivity index (χ3v) is 2.35. The summed E-state index contributed by atoms with van der Waals surface area (Å²) in [6.45, 7) is 5.11. The van der Waals surface area contributed by atoms with Crippen LogP contribution in [0.2, 0.25) is 0 Å². The lowest BCUT2D eigenvalue weighted by Crippen LogP contribution is -2.41. The molecule has 0 radical (unpaired) electrons. The number of hydrogen-bond donors (Lipinski definition) is 1. The Labute approximate surface area is 62.7 Å². The van der Waals surface area contributed by atoms with Gasteiger partial charge in [-0.25, -0.2) is 0 Å². The van der Waals surface area contributed by atoms with Crippen molar-refractivity contribution < 1.29 is 4.74 Å². The molecular formula is C8H17NO. The maximum absolute atomic E-state index is 5.77. The molecule has 3 unspecified atom stereocenters. The molecule has 0 bridgehead atoms. The third kappa shape index (κ3) is 1.70. The Morgan fingerprint density at radius 2 is 2.30 bits per heavy atom. The molecule has 1 saturated heterocycles. The molecule has 60 valence electrons. The van der Waals surface area contributed by atoms with Gasteiger partial charge in [0.25, 0.3) is 0 Å². The van der Waals surface area contributed by atoms with E-state index in [0.29, 0.717) is 12.0 Å². The van der Waals surface area contributed by atoms with Crippen LogP contribution in [0.3, 0.4) is 0 Å².